The molecular formula is C13H22ClN3O2S. The number of halogens is 1. The van der Waals surface area contributed by atoms with Crippen molar-refractivity contribution in [2.75, 3.05) is 25.5 Å². The third kappa shape index (κ3) is 3.84. The lowest BCUT2D eigenvalue weighted by Crippen LogP contribution is -2.34. The molecule has 0 fully saturated rings. The van der Waals surface area contributed by atoms with E-state index < -0.39 is 10.0 Å². The van der Waals surface area contributed by atoms with E-state index in [1.807, 2.05) is 20.8 Å². The van der Waals surface area contributed by atoms with Gasteiger partial charge in [-0.1, -0.05) is 38.8 Å². The van der Waals surface area contributed by atoms with Crippen molar-refractivity contribution in [2.45, 2.75) is 32.1 Å². The quantitative estimate of drug-likeness (QED) is 0.839. The molecule has 0 aliphatic heterocycles. The Labute approximate surface area is 126 Å². The molecule has 0 spiro atoms. The van der Waals surface area contributed by atoms with E-state index >= 15 is 0 Å². The highest BCUT2D eigenvalue weighted by Crippen LogP contribution is 2.24. The van der Waals surface area contributed by atoms with Gasteiger partial charge in [-0.2, -0.15) is 4.31 Å². The van der Waals surface area contributed by atoms with E-state index in [9.17, 15) is 8.42 Å². The van der Waals surface area contributed by atoms with E-state index in [-0.39, 0.29) is 4.90 Å². The third-order valence-corrected chi connectivity index (χ3v) is 5.45. The van der Waals surface area contributed by atoms with Gasteiger partial charge in [0.2, 0.25) is 10.0 Å². The summed E-state index contributed by atoms with van der Waals surface area (Å²) in [4.78, 5) is 4.16. The van der Waals surface area contributed by atoms with Crippen LogP contribution in [0.1, 0.15) is 27.2 Å². The normalized spacial score (nSPS) is 13.5. The molecule has 0 saturated carbocycles. The van der Waals surface area contributed by atoms with Gasteiger partial charge in [-0.15, -0.1) is 0 Å². The molecule has 1 atom stereocenters. The lowest BCUT2D eigenvalue weighted by Gasteiger charge is -2.23. The molecule has 0 aliphatic rings. The summed E-state index contributed by atoms with van der Waals surface area (Å²) in [6, 6.07) is 1.44. The van der Waals surface area contributed by atoms with Crippen molar-refractivity contribution in [2.24, 2.45) is 5.92 Å². The highest BCUT2D eigenvalue weighted by Gasteiger charge is 2.25. The lowest BCUT2D eigenvalue weighted by atomic mass is 10.1. The summed E-state index contributed by atoms with van der Waals surface area (Å²) in [5.41, 5.74) is 0. The molecule has 1 aromatic rings. The molecule has 5 nitrogen and oxygen atoms in total. The summed E-state index contributed by atoms with van der Waals surface area (Å²) in [5.74, 6) is 0.778. The van der Waals surface area contributed by atoms with Gasteiger partial charge in [0, 0.05) is 26.3 Å². The molecule has 0 bridgehead atoms. The van der Waals surface area contributed by atoms with E-state index in [2.05, 4.69) is 10.3 Å². The van der Waals surface area contributed by atoms with E-state index in [4.69, 9.17) is 11.6 Å². The van der Waals surface area contributed by atoms with Gasteiger partial charge in [0.15, 0.2) is 0 Å². The number of nitrogens with zero attached hydrogens (tertiary/aromatic N) is 2. The summed E-state index contributed by atoms with van der Waals surface area (Å²) in [6.45, 7) is 6.84. The highest BCUT2D eigenvalue weighted by molar-refractivity contribution is 7.89. The number of nitrogens with one attached hydrogen (secondary N) is 1. The smallest absolute Gasteiger partial charge is 0.244 e. The number of aromatic nitrogens is 1. The van der Waals surface area contributed by atoms with Crippen LogP contribution in [-0.4, -0.2) is 37.8 Å². The second-order valence-electron chi connectivity index (χ2n) is 4.72. The first-order valence-electron chi connectivity index (χ1n) is 6.70. The van der Waals surface area contributed by atoms with Crippen molar-refractivity contribution in [1.29, 1.82) is 0 Å². The molecule has 1 rings (SSSR count). The van der Waals surface area contributed by atoms with Gasteiger partial charge in [-0.3, -0.25) is 0 Å². The van der Waals surface area contributed by atoms with Crippen LogP contribution in [0.2, 0.25) is 5.02 Å². The Morgan fingerprint density at radius 2 is 2.10 bits per heavy atom. The van der Waals surface area contributed by atoms with Gasteiger partial charge in [0.25, 0.3) is 0 Å². The Hall–Kier alpha value is -0.850. The summed E-state index contributed by atoms with van der Waals surface area (Å²) in [5, 5.41) is 3.11. The monoisotopic (exact) mass is 319 g/mol. The Morgan fingerprint density at radius 1 is 1.45 bits per heavy atom. The van der Waals surface area contributed by atoms with Gasteiger partial charge in [-0.05, 0) is 12.0 Å². The van der Waals surface area contributed by atoms with Gasteiger partial charge in [0.05, 0.1) is 5.02 Å². The number of sulfonamides is 1. The summed E-state index contributed by atoms with van der Waals surface area (Å²) >= 11 is 6.01. The SMILES string of the molecule is CCC(C)CN(CC)S(=O)(=O)c1cnc(NC)c(Cl)c1. The Kier molecular flexibility index (Phi) is 6.23. The van der Waals surface area contributed by atoms with Crippen LogP contribution >= 0.6 is 11.6 Å². The number of anilines is 1. The first kappa shape index (κ1) is 17.2. The van der Waals surface area contributed by atoms with Crippen molar-refractivity contribution >= 4 is 27.4 Å². The largest absolute Gasteiger partial charge is 0.372 e. The van der Waals surface area contributed by atoms with Crippen LogP contribution in [0.15, 0.2) is 17.2 Å². The number of hydrogen-bond donors (Lipinski definition) is 1. The van der Waals surface area contributed by atoms with E-state index in [1.54, 1.807) is 7.05 Å². The van der Waals surface area contributed by atoms with Gasteiger partial charge < -0.3 is 5.32 Å². The maximum absolute atomic E-state index is 12.6. The van der Waals surface area contributed by atoms with E-state index in [0.717, 1.165) is 6.42 Å². The Balaban J connectivity index is 3.10. The minimum atomic E-state index is -3.55. The average molecular weight is 320 g/mol. The second-order valence-corrected chi connectivity index (χ2v) is 7.07. The predicted octanol–water partition coefficient (Wildman–Crippen LogP) is 2.83. The van der Waals surface area contributed by atoms with E-state index in [1.165, 1.54) is 16.6 Å². The first-order chi connectivity index (χ1) is 9.36. The zero-order valence-electron chi connectivity index (χ0n) is 12.4. The summed E-state index contributed by atoms with van der Waals surface area (Å²) in [7, 11) is -1.86. The van der Waals surface area contributed by atoms with Gasteiger partial charge >= 0.3 is 0 Å². The van der Waals surface area contributed by atoms with Crippen LogP contribution in [0.4, 0.5) is 5.82 Å². The molecule has 1 unspecified atom stereocenters. The molecule has 1 aromatic heterocycles. The molecule has 0 amide bonds. The minimum Gasteiger partial charge on any atom is -0.372 e. The second kappa shape index (κ2) is 7.24. The zero-order valence-corrected chi connectivity index (χ0v) is 13.9. The van der Waals surface area contributed by atoms with Crippen molar-refractivity contribution in [3.8, 4) is 0 Å². The van der Waals surface area contributed by atoms with Crippen molar-refractivity contribution in [3.05, 3.63) is 17.3 Å². The number of rotatable bonds is 7. The molecule has 20 heavy (non-hydrogen) atoms. The summed E-state index contributed by atoms with van der Waals surface area (Å²) < 4.78 is 26.6. The van der Waals surface area contributed by atoms with Crippen molar-refractivity contribution in [1.82, 2.24) is 9.29 Å². The maximum Gasteiger partial charge on any atom is 0.244 e. The maximum atomic E-state index is 12.6. The fourth-order valence-corrected chi connectivity index (χ4v) is 3.64. The topological polar surface area (TPSA) is 62.3 Å². The van der Waals surface area contributed by atoms with Crippen LogP contribution in [0.25, 0.3) is 0 Å². The summed E-state index contributed by atoms with van der Waals surface area (Å²) in [6.07, 6.45) is 2.27. The Morgan fingerprint density at radius 3 is 2.55 bits per heavy atom. The van der Waals surface area contributed by atoms with Crippen LogP contribution in [0.5, 0.6) is 0 Å². The molecule has 1 N–H and O–H groups in total. The van der Waals surface area contributed by atoms with Crippen LogP contribution in [-0.2, 0) is 10.0 Å². The molecule has 0 saturated heterocycles. The van der Waals surface area contributed by atoms with Crippen molar-refractivity contribution < 1.29 is 8.42 Å². The Bertz CT molecular complexity index is 549. The molecule has 0 aliphatic carbocycles. The highest BCUT2D eigenvalue weighted by atomic mass is 35.5. The third-order valence-electron chi connectivity index (χ3n) is 3.26. The molecule has 114 valence electrons. The fourth-order valence-electron chi connectivity index (χ4n) is 1.77. The fraction of sp³-hybridized carbons (Fsp3) is 0.615. The predicted molar refractivity (Wildman–Crippen MR) is 82.7 cm³/mol. The van der Waals surface area contributed by atoms with Crippen molar-refractivity contribution in [3.63, 3.8) is 0 Å². The standard InChI is InChI=1S/C13H22ClN3O2S/c1-5-10(3)9-17(6-2)20(18,19)11-7-12(14)13(15-4)16-8-11/h7-8,10H,5-6,9H2,1-4H3,(H,15,16). The molecule has 1 heterocycles. The van der Waals surface area contributed by atoms with Crippen LogP contribution in [0.3, 0.4) is 0 Å². The molecule has 0 radical (unpaired) electrons. The van der Waals surface area contributed by atoms with Gasteiger partial charge in [-0.25, -0.2) is 13.4 Å². The van der Waals surface area contributed by atoms with Crippen LogP contribution < -0.4 is 5.32 Å². The minimum absolute atomic E-state index is 0.131. The van der Waals surface area contributed by atoms with Gasteiger partial charge in [0.1, 0.15) is 10.7 Å². The lowest BCUT2D eigenvalue weighted by molar-refractivity contribution is 0.361. The van der Waals surface area contributed by atoms with E-state index in [0.29, 0.717) is 29.8 Å². The molecule has 7 heteroatoms. The van der Waals surface area contributed by atoms with Crippen LogP contribution in [0, 0.1) is 5.92 Å². The molecular weight excluding hydrogens is 298 g/mol. The zero-order chi connectivity index (χ0) is 15.3. The first-order valence-corrected chi connectivity index (χ1v) is 8.52. The number of hydrogen-bond acceptors (Lipinski definition) is 4. The number of pyridine rings is 1. The average Bonchev–Trinajstić information content (AvgIpc) is 2.43. The molecule has 0 aromatic carbocycles.